The molecule has 4 bridgehead atoms. The van der Waals surface area contributed by atoms with E-state index in [1.807, 2.05) is 0 Å². The first-order chi connectivity index (χ1) is 12.9. The summed E-state index contributed by atoms with van der Waals surface area (Å²) in [5, 5.41) is 0. The summed E-state index contributed by atoms with van der Waals surface area (Å²) in [6, 6.07) is 3.27. The van der Waals surface area contributed by atoms with Crippen molar-refractivity contribution in [2.24, 2.45) is 23.7 Å². The Kier molecular flexibility index (Phi) is 4.33. The van der Waals surface area contributed by atoms with Crippen molar-refractivity contribution in [3.05, 3.63) is 29.8 Å². The van der Waals surface area contributed by atoms with Crippen LogP contribution < -0.4 is 0 Å². The van der Waals surface area contributed by atoms with Crippen LogP contribution in [0.25, 0.3) is 0 Å². The number of halogens is 2. The van der Waals surface area contributed by atoms with Crippen LogP contribution in [0.15, 0.2) is 23.1 Å². The number of hydrogen-bond donors (Lipinski definition) is 0. The van der Waals surface area contributed by atoms with Crippen LogP contribution in [-0.4, -0.2) is 49.8 Å². The van der Waals surface area contributed by atoms with Gasteiger partial charge in [0.05, 0.1) is 0 Å². The third-order valence-corrected chi connectivity index (χ3v) is 9.32. The SMILES string of the molecule is O=S(=O)(c1ccc(F)cc1F)N1CCN(C2C3CC4CC(C3)CC2C4)CC1. The summed E-state index contributed by atoms with van der Waals surface area (Å²) in [4.78, 5) is 2.08. The van der Waals surface area contributed by atoms with Crippen LogP contribution in [0, 0.1) is 35.3 Å². The Morgan fingerprint density at radius 2 is 1.44 bits per heavy atom. The zero-order valence-electron chi connectivity index (χ0n) is 15.4. The van der Waals surface area contributed by atoms with Crippen LogP contribution in [0.3, 0.4) is 0 Å². The van der Waals surface area contributed by atoms with E-state index in [0.717, 1.165) is 35.8 Å². The Morgan fingerprint density at radius 3 is 2.00 bits per heavy atom. The van der Waals surface area contributed by atoms with Crippen LogP contribution in [-0.2, 0) is 10.0 Å². The van der Waals surface area contributed by atoms with Gasteiger partial charge in [0.25, 0.3) is 0 Å². The van der Waals surface area contributed by atoms with Crippen molar-refractivity contribution in [1.82, 2.24) is 9.21 Å². The second-order valence-corrected chi connectivity index (χ2v) is 10.8. The second kappa shape index (κ2) is 6.49. The highest BCUT2D eigenvalue weighted by molar-refractivity contribution is 7.89. The van der Waals surface area contributed by atoms with E-state index in [9.17, 15) is 17.2 Å². The number of nitrogens with zero attached hydrogens (tertiary/aromatic N) is 2. The minimum absolute atomic E-state index is 0.377. The van der Waals surface area contributed by atoms with Crippen molar-refractivity contribution in [3.63, 3.8) is 0 Å². The van der Waals surface area contributed by atoms with Crippen LogP contribution in [0.5, 0.6) is 0 Å². The molecule has 0 aromatic heterocycles. The number of hydrogen-bond acceptors (Lipinski definition) is 3. The van der Waals surface area contributed by atoms with Crippen molar-refractivity contribution in [2.45, 2.75) is 43.0 Å². The molecule has 7 heteroatoms. The summed E-state index contributed by atoms with van der Waals surface area (Å²) >= 11 is 0. The fraction of sp³-hybridized carbons (Fsp3) is 0.700. The molecule has 4 saturated carbocycles. The van der Waals surface area contributed by atoms with Gasteiger partial charge in [0.15, 0.2) is 0 Å². The topological polar surface area (TPSA) is 40.6 Å². The molecule has 27 heavy (non-hydrogen) atoms. The maximum absolute atomic E-state index is 14.0. The molecular weight excluding hydrogens is 370 g/mol. The molecule has 1 heterocycles. The molecule has 4 aliphatic carbocycles. The Morgan fingerprint density at radius 1 is 0.852 bits per heavy atom. The lowest BCUT2D eigenvalue weighted by Gasteiger charge is -2.58. The molecule has 1 aliphatic heterocycles. The van der Waals surface area contributed by atoms with Crippen molar-refractivity contribution in [2.75, 3.05) is 26.2 Å². The van der Waals surface area contributed by atoms with Gasteiger partial charge in [-0.2, -0.15) is 4.31 Å². The maximum Gasteiger partial charge on any atom is 0.246 e. The van der Waals surface area contributed by atoms with E-state index in [4.69, 9.17) is 0 Å². The van der Waals surface area contributed by atoms with Gasteiger partial charge in [-0.25, -0.2) is 17.2 Å². The average Bonchev–Trinajstić information content (AvgIpc) is 2.61. The van der Waals surface area contributed by atoms with Crippen LogP contribution >= 0.6 is 0 Å². The predicted molar refractivity (Wildman–Crippen MR) is 97.5 cm³/mol. The van der Waals surface area contributed by atoms with Crippen LogP contribution in [0.1, 0.15) is 32.1 Å². The molecule has 0 N–H and O–H groups in total. The van der Waals surface area contributed by atoms with Crippen molar-refractivity contribution in [1.29, 1.82) is 0 Å². The summed E-state index contributed by atoms with van der Waals surface area (Å²) in [5.41, 5.74) is 0. The lowest BCUT2D eigenvalue weighted by Crippen LogP contribution is -2.60. The van der Waals surface area contributed by atoms with E-state index < -0.39 is 26.6 Å². The second-order valence-electron chi connectivity index (χ2n) is 8.94. The van der Waals surface area contributed by atoms with Crippen LogP contribution in [0.2, 0.25) is 0 Å². The summed E-state index contributed by atoms with van der Waals surface area (Å²) in [7, 11) is -3.92. The Hall–Kier alpha value is -1.05. The van der Waals surface area contributed by atoms with E-state index in [-0.39, 0.29) is 0 Å². The van der Waals surface area contributed by atoms with Gasteiger partial charge in [-0.3, -0.25) is 4.90 Å². The van der Waals surface area contributed by atoms with Crippen molar-refractivity contribution < 1.29 is 17.2 Å². The van der Waals surface area contributed by atoms with Gasteiger partial charge in [-0.15, -0.1) is 0 Å². The summed E-state index contributed by atoms with van der Waals surface area (Å²) in [6.07, 6.45) is 6.80. The number of benzene rings is 1. The smallest absolute Gasteiger partial charge is 0.246 e. The molecule has 1 aromatic carbocycles. The largest absolute Gasteiger partial charge is 0.297 e. The molecule has 6 rings (SSSR count). The zero-order valence-corrected chi connectivity index (χ0v) is 16.2. The molecule has 148 valence electrons. The van der Waals surface area contributed by atoms with Gasteiger partial charge in [0.1, 0.15) is 16.5 Å². The van der Waals surface area contributed by atoms with Gasteiger partial charge < -0.3 is 0 Å². The zero-order chi connectivity index (χ0) is 18.8. The van der Waals surface area contributed by atoms with Crippen molar-refractivity contribution in [3.8, 4) is 0 Å². The number of piperazine rings is 1. The quantitative estimate of drug-likeness (QED) is 0.788. The summed E-state index contributed by atoms with van der Waals surface area (Å²) in [6.45, 7) is 2.16. The molecule has 0 radical (unpaired) electrons. The first-order valence-corrected chi connectivity index (χ1v) is 11.5. The normalized spacial score (nSPS) is 37.0. The Balaban J connectivity index is 1.29. The molecule has 4 nitrogen and oxygen atoms in total. The van der Waals surface area contributed by atoms with Gasteiger partial charge in [0.2, 0.25) is 10.0 Å². The predicted octanol–water partition coefficient (Wildman–Crippen LogP) is 3.10. The van der Waals surface area contributed by atoms with E-state index in [1.54, 1.807) is 0 Å². The van der Waals surface area contributed by atoms with Gasteiger partial charge in [-0.05, 0) is 67.9 Å². The number of sulfonamides is 1. The number of rotatable bonds is 3. The standard InChI is InChI=1S/C20H26F2N2O2S/c21-17-1-2-19(18(22)12-17)27(25,26)24-5-3-23(4-6-24)20-15-8-13-7-14(10-15)11-16(20)9-13/h1-2,12-16,20H,3-11H2. The highest BCUT2D eigenvalue weighted by Crippen LogP contribution is 2.55. The Labute approximate surface area is 159 Å². The molecule has 0 amide bonds. The minimum atomic E-state index is -3.92. The molecule has 1 saturated heterocycles. The fourth-order valence-corrected chi connectivity index (χ4v) is 8.03. The van der Waals surface area contributed by atoms with Crippen molar-refractivity contribution >= 4 is 10.0 Å². The van der Waals surface area contributed by atoms with Gasteiger partial charge >= 0.3 is 0 Å². The lowest BCUT2D eigenvalue weighted by atomic mass is 9.54. The van der Waals surface area contributed by atoms with E-state index >= 15 is 0 Å². The first kappa shape index (κ1) is 18.0. The highest BCUT2D eigenvalue weighted by Gasteiger charge is 2.50. The highest BCUT2D eigenvalue weighted by atomic mass is 32.2. The third-order valence-electron chi connectivity index (χ3n) is 7.38. The summed E-state index contributed by atoms with van der Waals surface area (Å²) in [5.74, 6) is 1.62. The van der Waals surface area contributed by atoms with E-state index in [2.05, 4.69) is 4.90 Å². The average molecular weight is 397 g/mol. The molecule has 5 aliphatic rings. The minimum Gasteiger partial charge on any atom is -0.297 e. The molecule has 0 atom stereocenters. The molecule has 0 spiro atoms. The molecular formula is C20H26F2N2O2S. The van der Waals surface area contributed by atoms with Gasteiger partial charge in [-0.1, -0.05) is 0 Å². The lowest BCUT2D eigenvalue weighted by molar-refractivity contribution is -0.0720. The van der Waals surface area contributed by atoms with E-state index in [0.29, 0.717) is 38.3 Å². The monoisotopic (exact) mass is 396 g/mol. The molecule has 5 fully saturated rings. The van der Waals surface area contributed by atoms with Crippen LogP contribution in [0.4, 0.5) is 8.78 Å². The third kappa shape index (κ3) is 3.02. The maximum atomic E-state index is 14.0. The fourth-order valence-electron chi connectivity index (χ4n) is 6.56. The first-order valence-electron chi connectivity index (χ1n) is 10.1. The molecule has 1 aromatic rings. The Bertz CT molecular complexity index is 808. The summed E-state index contributed by atoms with van der Waals surface area (Å²) < 4.78 is 54.1. The molecule has 0 unspecified atom stereocenters. The van der Waals surface area contributed by atoms with Gasteiger partial charge in [0, 0.05) is 38.3 Å². The van der Waals surface area contributed by atoms with E-state index in [1.165, 1.54) is 36.4 Å².